The third kappa shape index (κ3) is 2.20. The van der Waals surface area contributed by atoms with Crippen molar-refractivity contribution in [2.75, 3.05) is 0 Å². The van der Waals surface area contributed by atoms with Gasteiger partial charge >= 0.3 is 0 Å². The molecule has 0 saturated carbocycles. The van der Waals surface area contributed by atoms with E-state index in [1.54, 1.807) is 6.07 Å². The van der Waals surface area contributed by atoms with Crippen LogP contribution in [0.15, 0.2) is 36.4 Å². The summed E-state index contributed by atoms with van der Waals surface area (Å²) in [7, 11) is 0. The monoisotopic (exact) mass is 270 g/mol. The Labute approximate surface area is 110 Å². The van der Waals surface area contributed by atoms with Crippen molar-refractivity contribution in [1.82, 2.24) is 0 Å². The van der Waals surface area contributed by atoms with Crippen LogP contribution in [0.5, 0.6) is 0 Å². The molecule has 0 atom stereocenters. The van der Waals surface area contributed by atoms with E-state index in [9.17, 15) is 0 Å². The molecule has 0 N–H and O–H groups in total. The number of hydrogen-bond donors (Lipinski definition) is 0. The molecule has 0 aliphatic heterocycles. The Morgan fingerprint density at radius 1 is 0.812 bits per heavy atom. The predicted octanol–water partition coefficient (Wildman–Crippen LogP) is 5.62. The van der Waals surface area contributed by atoms with Gasteiger partial charge in [0.2, 0.25) is 0 Å². The summed E-state index contributed by atoms with van der Waals surface area (Å²) in [6.07, 6.45) is 0. The molecule has 2 aromatic rings. The van der Waals surface area contributed by atoms with E-state index >= 15 is 0 Å². The maximum absolute atomic E-state index is 6.16. The Hall–Kier alpha value is -0.690. The summed E-state index contributed by atoms with van der Waals surface area (Å²) in [5, 5.41) is 2.01. The van der Waals surface area contributed by atoms with E-state index < -0.39 is 0 Å². The van der Waals surface area contributed by atoms with Gasteiger partial charge in [-0.05, 0) is 36.2 Å². The molecule has 0 spiro atoms. The van der Waals surface area contributed by atoms with Crippen molar-refractivity contribution in [2.24, 2.45) is 0 Å². The topological polar surface area (TPSA) is 0 Å². The van der Waals surface area contributed by atoms with Gasteiger partial charge in [0.15, 0.2) is 0 Å². The highest BCUT2D eigenvalue weighted by Crippen LogP contribution is 2.34. The van der Waals surface area contributed by atoms with Gasteiger partial charge in [-0.1, -0.05) is 53.0 Å². The summed E-state index contributed by atoms with van der Waals surface area (Å²) in [4.78, 5) is 0. The molecule has 0 unspecified atom stereocenters. The average Bonchev–Trinajstić information content (AvgIpc) is 2.23. The van der Waals surface area contributed by atoms with Crippen molar-refractivity contribution < 1.29 is 0 Å². The highest BCUT2D eigenvalue weighted by Gasteiger charge is 2.08. The van der Waals surface area contributed by atoms with Crippen LogP contribution in [0.25, 0.3) is 11.1 Å². The molecular weight excluding hydrogens is 263 g/mol. The molecule has 0 nitrogen and oxygen atoms in total. The van der Waals surface area contributed by atoms with Crippen LogP contribution in [0.3, 0.4) is 0 Å². The zero-order chi connectivity index (χ0) is 11.7. The minimum atomic E-state index is 0.633. The fourth-order valence-corrected chi connectivity index (χ4v) is 2.29. The zero-order valence-corrected chi connectivity index (χ0v) is 10.9. The molecule has 0 radical (unpaired) electrons. The van der Waals surface area contributed by atoms with Gasteiger partial charge < -0.3 is 0 Å². The maximum atomic E-state index is 6.16. The number of hydrogen-bond acceptors (Lipinski definition) is 0. The first-order chi connectivity index (χ1) is 7.59. The van der Waals surface area contributed by atoms with Crippen molar-refractivity contribution in [2.45, 2.75) is 6.92 Å². The summed E-state index contributed by atoms with van der Waals surface area (Å²) in [5.41, 5.74) is 3.01. The highest BCUT2D eigenvalue weighted by atomic mass is 35.5. The lowest BCUT2D eigenvalue weighted by Crippen LogP contribution is -1.85. The Morgan fingerprint density at radius 2 is 1.56 bits per heavy atom. The SMILES string of the molecule is Cc1c(Cl)cccc1-c1ccc(Cl)cc1Cl. The molecule has 2 rings (SSSR count). The second-order valence-corrected chi connectivity index (χ2v) is 4.79. The quantitative estimate of drug-likeness (QED) is 0.631. The molecule has 0 aliphatic carbocycles. The minimum Gasteiger partial charge on any atom is -0.0843 e. The smallest absolute Gasteiger partial charge is 0.0499 e. The first-order valence-corrected chi connectivity index (χ1v) is 5.93. The van der Waals surface area contributed by atoms with Crippen LogP contribution in [0.4, 0.5) is 0 Å². The van der Waals surface area contributed by atoms with Crippen LogP contribution in [0.1, 0.15) is 5.56 Å². The van der Waals surface area contributed by atoms with Crippen LogP contribution < -0.4 is 0 Å². The summed E-state index contributed by atoms with van der Waals surface area (Å²) < 4.78 is 0. The molecule has 0 fully saturated rings. The van der Waals surface area contributed by atoms with Crippen LogP contribution in [0.2, 0.25) is 15.1 Å². The molecule has 2 aromatic carbocycles. The molecule has 0 aromatic heterocycles. The van der Waals surface area contributed by atoms with E-state index in [2.05, 4.69) is 0 Å². The van der Waals surface area contributed by atoms with Gasteiger partial charge in [-0.15, -0.1) is 0 Å². The molecule has 0 amide bonds. The Bertz CT molecular complexity index is 533. The minimum absolute atomic E-state index is 0.633. The van der Waals surface area contributed by atoms with Crippen LogP contribution >= 0.6 is 34.8 Å². The maximum Gasteiger partial charge on any atom is 0.0499 e. The second kappa shape index (κ2) is 4.67. The predicted molar refractivity (Wildman–Crippen MR) is 71.6 cm³/mol. The average molecular weight is 272 g/mol. The number of rotatable bonds is 1. The summed E-state index contributed by atoms with van der Waals surface area (Å²) in [5.74, 6) is 0. The summed E-state index contributed by atoms with van der Waals surface area (Å²) in [6, 6.07) is 11.2. The molecule has 0 heterocycles. The molecular formula is C13H9Cl3. The van der Waals surface area contributed by atoms with Gasteiger partial charge in [-0.2, -0.15) is 0 Å². The van der Waals surface area contributed by atoms with Gasteiger partial charge in [-0.25, -0.2) is 0 Å². The molecule has 0 saturated heterocycles. The lowest BCUT2D eigenvalue weighted by Gasteiger charge is -2.09. The lowest BCUT2D eigenvalue weighted by molar-refractivity contribution is 1.46. The normalized spacial score (nSPS) is 10.5. The lowest BCUT2D eigenvalue weighted by atomic mass is 10.0. The van der Waals surface area contributed by atoms with Crippen LogP contribution in [0, 0.1) is 6.92 Å². The van der Waals surface area contributed by atoms with Crippen LogP contribution in [-0.4, -0.2) is 0 Å². The number of halogens is 3. The molecule has 16 heavy (non-hydrogen) atoms. The Balaban J connectivity index is 2.63. The van der Waals surface area contributed by atoms with Crippen molar-refractivity contribution in [3.63, 3.8) is 0 Å². The Kier molecular flexibility index (Phi) is 3.44. The van der Waals surface area contributed by atoms with E-state index in [1.807, 2.05) is 37.3 Å². The van der Waals surface area contributed by atoms with Crippen LogP contribution in [-0.2, 0) is 0 Å². The Morgan fingerprint density at radius 3 is 2.25 bits per heavy atom. The van der Waals surface area contributed by atoms with E-state index in [-0.39, 0.29) is 0 Å². The first kappa shape index (κ1) is 11.8. The molecule has 3 heteroatoms. The molecule has 0 bridgehead atoms. The van der Waals surface area contributed by atoms with Crippen molar-refractivity contribution in [1.29, 1.82) is 0 Å². The summed E-state index contributed by atoms with van der Waals surface area (Å²) in [6.45, 7) is 1.97. The van der Waals surface area contributed by atoms with Crippen molar-refractivity contribution in [3.8, 4) is 11.1 Å². The fourth-order valence-electron chi connectivity index (χ4n) is 1.61. The highest BCUT2D eigenvalue weighted by molar-refractivity contribution is 6.36. The third-order valence-electron chi connectivity index (χ3n) is 2.49. The third-order valence-corrected chi connectivity index (χ3v) is 3.45. The first-order valence-electron chi connectivity index (χ1n) is 4.80. The number of benzene rings is 2. The summed E-state index contributed by atoms with van der Waals surface area (Å²) >= 11 is 18.1. The van der Waals surface area contributed by atoms with Crippen molar-refractivity contribution >= 4 is 34.8 Å². The zero-order valence-electron chi connectivity index (χ0n) is 8.60. The molecule has 82 valence electrons. The van der Waals surface area contributed by atoms with Gasteiger partial charge in [0.25, 0.3) is 0 Å². The molecule has 0 aliphatic rings. The van der Waals surface area contributed by atoms with Gasteiger partial charge in [0, 0.05) is 20.6 Å². The van der Waals surface area contributed by atoms with E-state index in [0.29, 0.717) is 10.0 Å². The van der Waals surface area contributed by atoms with E-state index in [1.165, 1.54) is 0 Å². The van der Waals surface area contributed by atoms with Crippen molar-refractivity contribution in [3.05, 3.63) is 57.0 Å². The largest absolute Gasteiger partial charge is 0.0843 e. The fraction of sp³-hybridized carbons (Fsp3) is 0.0769. The van der Waals surface area contributed by atoms with E-state index in [0.717, 1.165) is 21.7 Å². The van der Waals surface area contributed by atoms with Gasteiger partial charge in [-0.3, -0.25) is 0 Å². The standard InChI is InChI=1S/C13H9Cl3/c1-8-10(3-2-4-12(8)15)11-6-5-9(14)7-13(11)16/h2-7H,1H3. The second-order valence-electron chi connectivity index (χ2n) is 3.54. The van der Waals surface area contributed by atoms with Gasteiger partial charge in [0.05, 0.1) is 0 Å². The van der Waals surface area contributed by atoms with Gasteiger partial charge in [0.1, 0.15) is 0 Å². The van der Waals surface area contributed by atoms with E-state index in [4.69, 9.17) is 34.8 Å².